The summed E-state index contributed by atoms with van der Waals surface area (Å²) in [6.45, 7) is 0. The average molecular weight is 141 g/mol. The first-order valence-corrected chi connectivity index (χ1v) is 1.00. The predicted octanol–water partition coefficient (Wildman–Crippen LogP) is 0.600. The molecule has 0 heterocycles. The van der Waals surface area contributed by atoms with E-state index >= 15 is 0 Å². The summed E-state index contributed by atoms with van der Waals surface area (Å²) in [6.07, 6.45) is 5.87. The first kappa shape index (κ1) is 33.6. The zero-order chi connectivity index (χ0) is 2.71. The van der Waals surface area contributed by atoms with E-state index in [0.29, 0.717) is 0 Å². The first-order valence-electron chi connectivity index (χ1n) is 0.500. The minimum Gasteiger partial charge on any atom is -0.701 e. The molecule has 0 unspecified atom stereocenters. The molecule has 0 aliphatic carbocycles. The molecule has 0 aromatic carbocycles. The van der Waals surface area contributed by atoms with Crippen LogP contribution < -0.4 is 0 Å². The summed E-state index contributed by atoms with van der Waals surface area (Å²) in [6, 6.07) is 0. The fourth-order valence-electron chi connectivity index (χ4n) is 0. The van der Waals surface area contributed by atoms with Gasteiger partial charge >= 0.3 is 16.8 Å². The second kappa shape index (κ2) is 58.9. The van der Waals surface area contributed by atoms with Crippen LogP contribution in [0.1, 0.15) is 0 Å². The molecule has 6 heavy (non-hydrogen) atoms. The Hall–Kier alpha value is 0.283. The molecule has 0 nitrogen and oxygen atoms in total. The zero-order valence-corrected chi connectivity index (χ0v) is 5.87. The van der Waals surface area contributed by atoms with Crippen LogP contribution in [0.5, 0.6) is 0 Å². The summed E-state index contributed by atoms with van der Waals surface area (Å²) in [4.78, 5) is 0. The molecule has 0 N–H and O–H groups in total. The maximum atomic E-state index is 5.87. The second-order valence-corrected chi connectivity index (χ2v) is 0.375. The van der Waals surface area contributed by atoms with Crippen molar-refractivity contribution in [1.82, 2.24) is 0 Å². The van der Waals surface area contributed by atoms with Gasteiger partial charge in [0.1, 0.15) is 0 Å². The topological polar surface area (TPSA) is 0 Å². The molecule has 0 atom stereocenters. The molecular weight excluding hydrogens is 135 g/mol. The van der Waals surface area contributed by atoms with Crippen LogP contribution >= 0.6 is 0 Å². The number of hydrogen-bond acceptors (Lipinski definition) is 0. The molecular formula is C4H6CoSi. The van der Waals surface area contributed by atoms with Gasteiger partial charge in [0, 0.05) is 0 Å². The first-order chi connectivity index (χ1) is 1.41. The summed E-state index contributed by atoms with van der Waals surface area (Å²) < 4.78 is 0. The van der Waals surface area contributed by atoms with Crippen molar-refractivity contribution in [2.45, 2.75) is 0 Å². The van der Waals surface area contributed by atoms with Gasteiger partial charge in [-0.1, -0.05) is 0 Å². The molecule has 0 saturated heterocycles. The van der Waals surface area contributed by atoms with Crippen molar-refractivity contribution in [1.29, 1.82) is 0 Å². The molecule has 0 fully saturated rings. The van der Waals surface area contributed by atoms with Crippen LogP contribution in [0.15, 0.2) is 0 Å². The Morgan fingerprint density at radius 2 is 1.33 bits per heavy atom. The van der Waals surface area contributed by atoms with Crippen LogP contribution in [-0.4, -0.2) is 10.2 Å². The number of hydrogen-bond donors (Lipinski definition) is 0. The van der Waals surface area contributed by atoms with Gasteiger partial charge in [0.2, 0.25) is 0 Å². The van der Waals surface area contributed by atoms with Crippen molar-refractivity contribution < 1.29 is 16.8 Å². The van der Waals surface area contributed by atoms with E-state index in [-0.39, 0.29) is 31.6 Å². The molecule has 0 amide bonds. The minimum atomic E-state index is 0. The van der Waals surface area contributed by atoms with Gasteiger partial charge < -0.3 is 26.8 Å². The number of rotatable bonds is 0. The van der Waals surface area contributed by atoms with Crippen LogP contribution in [0.4, 0.5) is 0 Å². The third kappa shape index (κ3) is 575. The largest absolute Gasteiger partial charge is 3.00 e. The standard InChI is InChI=1S/C2Si.2CH3.Co/c1-2-3;;;/h;2*1H3;/q3*-1;+3. The maximum Gasteiger partial charge on any atom is 3.00 e. The van der Waals surface area contributed by atoms with Gasteiger partial charge in [-0.15, -0.1) is 0 Å². The Kier molecular flexibility index (Phi) is 330. The fraction of sp³-hybridized carbons (Fsp3) is 0. The molecule has 0 aliphatic rings. The van der Waals surface area contributed by atoms with Crippen LogP contribution in [0, 0.1) is 26.8 Å². The van der Waals surface area contributed by atoms with Crippen molar-refractivity contribution in [3.05, 3.63) is 21.3 Å². The van der Waals surface area contributed by atoms with Crippen molar-refractivity contribution in [3.8, 4) is 5.54 Å². The monoisotopic (exact) mass is 141 g/mol. The Bertz CT molecular complexity index is 29.0. The molecule has 0 aromatic rings. The van der Waals surface area contributed by atoms with E-state index in [9.17, 15) is 0 Å². The van der Waals surface area contributed by atoms with Crippen molar-refractivity contribution in [2.24, 2.45) is 0 Å². The van der Waals surface area contributed by atoms with Gasteiger partial charge in [0.15, 0.2) is 0 Å². The normalized spacial score (nSPS) is 1.33. The Balaban J connectivity index is -0.00000000667. The van der Waals surface area contributed by atoms with E-state index in [2.05, 4.69) is 10.2 Å². The summed E-state index contributed by atoms with van der Waals surface area (Å²) in [5.41, 5.74) is 1.81. The average Bonchev–Trinajstić information content (AvgIpc) is 0.918. The summed E-state index contributed by atoms with van der Waals surface area (Å²) in [5, 5.41) is 0. The van der Waals surface area contributed by atoms with Gasteiger partial charge in [-0.3, -0.25) is 0 Å². The summed E-state index contributed by atoms with van der Waals surface area (Å²) >= 11 is 0. The predicted molar refractivity (Wildman–Crippen MR) is 25.7 cm³/mol. The zero-order valence-electron chi connectivity index (χ0n) is 3.83. The molecule has 0 spiro atoms. The fourth-order valence-corrected chi connectivity index (χ4v) is 0. The van der Waals surface area contributed by atoms with Gasteiger partial charge in [-0.25, -0.2) is 0 Å². The van der Waals surface area contributed by atoms with Crippen molar-refractivity contribution in [3.63, 3.8) is 0 Å². The molecule has 0 aromatic heterocycles. The maximum absolute atomic E-state index is 5.87. The summed E-state index contributed by atoms with van der Waals surface area (Å²) in [7, 11) is 2.60. The smallest absolute Gasteiger partial charge is 0.701 e. The van der Waals surface area contributed by atoms with E-state index in [0.717, 1.165) is 0 Å². The molecule has 0 saturated carbocycles. The van der Waals surface area contributed by atoms with E-state index in [1.54, 1.807) is 5.54 Å². The van der Waals surface area contributed by atoms with E-state index in [1.807, 2.05) is 0 Å². The minimum absolute atomic E-state index is 0. The van der Waals surface area contributed by atoms with Crippen LogP contribution in [0.3, 0.4) is 0 Å². The van der Waals surface area contributed by atoms with Gasteiger partial charge in [0.25, 0.3) is 0 Å². The van der Waals surface area contributed by atoms with E-state index in [1.165, 1.54) is 0 Å². The molecule has 35 valence electrons. The molecule has 0 aliphatic heterocycles. The van der Waals surface area contributed by atoms with Crippen LogP contribution in [0.25, 0.3) is 0 Å². The third-order valence-corrected chi connectivity index (χ3v) is 0. The molecule has 0 rings (SSSR count). The Morgan fingerprint density at radius 3 is 1.33 bits per heavy atom. The van der Waals surface area contributed by atoms with Crippen LogP contribution in [-0.2, 0) is 16.8 Å². The van der Waals surface area contributed by atoms with E-state index in [4.69, 9.17) is 6.42 Å². The molecule has 2 heteroatoms. The molecule has 0 bridgehead atoms. The van der Waals surface area contributed by atoms with Gasteiger partial charge in [-0.2, -0.15) is 0 Å². The molecule has 3 radical (unpaired) electrons. The quantitative estimate of drug-likeness (QED) is 0.263. The van der Waals surface area contributed by atoms with Crippen LogP contribution in [0.2, 0.25) is 0 Å². The second-order valence-electron chi connectivity index (χ2n) is 0.125. The van der Waals surface area contributed by atoms with Gasteiger partial charge in [0.05, 0.1) is 10.2 Å². The van der Waals surface area contributed by atoms with E-state index < -0.39 is 0 Å². The van der Waals surface area contributed by atoms with Crippen molar-refractivity contribution in [2.75, 3.05) is 0 Å². The van der Waals surface area contributed by atoms with Gasteiger partial charge in [-0.05, 0) is 0 Å². The summed E-state index contributed by atoms with van der Waals surface area (Å²) in [5.74, 6) is 0. The Labute approximate surface area is 54.3 Å². The SMILES string of the molecule is [C-]#C[Si].[CH3-].[CH3-].[Co+3]. The Morgan fingerprint density at radius 1 is 1.33 bits per heavy atom. The van der Waals surface area contributed by atoms with Crippen molar-refractivity contribution >= 4 is 10.2 Å². The third-order valence-electron chi connectivity index (χ3n) is 0.